The molecule has 5 rings (SSSR count). The van der Waals surface area contributed by atoms with Crippen molar-refractivity contribution in [2.45, 2.75) is 26.5 Å². The Balaban J connectivity index is 1.29. The van der Waals surface area contributed by atoms with Gasteiger partial charge in [0.1, 0.15) is 23.0 Å². The number of aromatic nitrogens is 3. The summed E-state index contributed by atoms with van der Waals surface area (Å²) in [5.74, 6) is 0.561. The van der Waals surface area contributed by atoms with Gasteiger partial charge in [-0.2, -0.15) is 0 Å². The van der Waals surface area contributed by atoms with E-state index in [2.05, 4.69) is 11.1 Å². The molecule has 3 heterocycles. The van der Waals surface area contributed by atoms with Crippen molar-refractivity contribution in [3.63, 3.8) is 0 Å². The molecule has 0 saturated carbocycles. The maximum atomic E-state index is 13.2. The maximum Gasteiger partial charge on any atom is 0.254 e. The molecule has 0 radical (unpaired) electrons. The lowest BCUT2D eigenvalue weighted by molar-refractivity contribution is 0.0742. The van der Waals surface area contributed by atoms with Gasteiger partial charge in [0, 0.05) is 25.0 Å². The van der Waals surface area contributed by atoms with Crippen LogP contribution < -0.4 is 4.74 Å². The highest BCUT2D eigenvalue weighted by atomic mass is 32.1. The van der Waals surface area contributed by atoms with Crippen LogP contribution in [0.3, 0.4) is 0 Å². The Bertz CT molecular complexity index is 1420. The van der Waals surface area contributed by atoms with Crippen LogP contribution in [0.4, 0.5) is 0 Å². The fraction of sp³-hybridized carbons (Fsp3) is 0.192. The van der Waals surface area contributed by atoms with Crippen molar-refractivity contribution >= 4 is 33.1 Å². The molecule has 1 unspecified atom stereocenters. The van der Waals surface area contributed by atoms with E-state index in [9.17, 15) is 4.79 Å². The number of nitrogens with zero attached hydrogens (tertiary/aromatic N) is 4. The number of aryl methyl sites for hydroxylation is 1. The lowest BCUT2D eigenvalue weighted by atomic mass is 10.1. The Morgan fingerprint density at radius 2 is 1.94 bits per heavy atom. The van der Waals surface area contributed by atoms with Gasteiger partial charge in [0.15, 0.2) is 0 Å². The van der Waals surface area contributed by atoms with E-state index in [-0.39, 0.29) is 11.9 Å². The van der Waals surface area contributed by atoms with Gasteiger partial charge in [-0.15, -0.1) is 11.3 Å². The summed E-state index contributed by atoms with van der Waals surface area (Å²) in [6.45, 7) is 4.38. The number of pyridine rings is 1. The Morgan fingerprint density at radius 3 is 2.79 bits per heavy atom. The first-order chi connectivity index (χ1) is 16.0. The standard InChI is InChI=1S/C26H24N4O2S/c1-17-11-12-24-27-20(15-30(24)14-17)16-32-21-8-6-7-19(13-21)26(31)29(3)18(2)25-28-22-9-4-5-10-23(22)33-25/h4-15,18H,16H2,1-3H3. The smallest absolute Gasteiger partial charge is 0.254 e. The van der Waals surface area contributed by atoms with Crippen LogP contribution in [0.15, 0.2) is 73.1 Å². The van der Waals surface area contributed by atoms with Gasteiger partial charge in [-0.25, -0.2) is 9.97 Å². The summed E-state index contributed by atoms with van der Waals surface area (Å²) in [6, 6.07) is 19.2. The number of ether oxygens (including phenoxy) is 1. The number of carbonyl (C=O) groups is 1. The van der Waals surface area contributed by atoms with Crippen molar-refractivity contribution in [2.75, 3.05) is 7.05 Å². The highest BCUT2D eigenvalue weighted by Crippen LogP contribution is 2.30. The molecule has 1 amide bonds. The quantitative estimate of drug-likeness (QED) is 0.331. The van der Waals surface area contributed by atoms with E-state index in [1.54, 1.807) is 22.3 Å². The molecule has 0 bridgehead atoms. The molecular formula is C26H24N4O2S. The van der Waals surface area contributed by atoms with Crippen LogP contribution in [0, 0.1) is 6.92 Å². The molecule has 5 aromatic rings. The van der Waals surface area contributed by atoms with Crippen LogP contribution in [-0.4, -0.2) is 32.2 Å². The summed E-state index contributed by atoms with van der Waals surface area (Å²) >= 11 is 1.62. The summed E-state index contributed by atoms with van der Waals surface area (Å²) in [7, 11) is 1.81. The summed E-state index contributed by atoms with van der Waals surface area (Å²) in [4.78, 5) is 24.2. The molecule has 1 atom stereocenters. The molecule has 33 heavy (non-hydrogen) atoms. The van der Waals surface area contributed by atoms with Gasteiger partial charge in [0.2, 0.25) is 0 Å². The first-order valence-corrected chi connectivity index (χ1v) is 11.6. The first kappa shape index (κ1) is 21.2. The van der Waals surface area contributed by atoms with Gasteiger partial charge in [-0.05, 0) is 55.8 Å². The molecule has 3 aromatic heterocycles. The molecule has 0 fully saturated rings. The minimum absolute atomic E-state index is 0.0737. The minimum atomic E-state index is -0.138. The van der Waals surface area contributed by atoms with E-state index >= 15 is 0 Å². The molecule has 0 aliphatic carbocycles. The molecule has 0 aliphatic rings. The molecular weight excluding hydrogens is 432 g/mol. The predicted molar refractivity (Wildman–Crippen MR) is 131 cm³/mol. The van der Waals surface area contributed by atoms with Crippen molar-refractivity contribution in [3.05, 3.63) is 94.9 Å². The summed E-state index contributed by atoms with van der Waals surface area (Å²) in [6.07, 6.45) is 4.00. The number of amides is 1. The Labute approximate surface area is 196 Å². The molecule has 6 nitrogen and oxygen atoms in total. The van der Waals surface area contributed by atoms with Crippen molar-refractivity contribution in [3.8, 4) is 5.75 Å². The van der Waals surface area contributed by atoms with E-state index < -0.39 is 0 Å². The van der Waals surface area contributed by atoms with E-state index in [1.165, 1.54) is 5.56 Å². The molecule has 7 heteroatoms. The third-order valence-electron chi connectivity index (χ3n) is 5.69. The highest BCUT2D eigenvalue weighted by Gasteiger charge is 2.22. The van der Waals surface area contributed by atoms with Gasteiger partial charge in [0.05, 0.1) is 22.0 Å². The van der Waals surface area contributed by atoms with Crippen LogP contribution in [-0.2, 0) is 6.61 Å². The molecule has 0 aliphatic heterocycles. The van der Waals surface area contributed by atoms with Crippen molar-refractivity contribution in [2.24, 2.45) is 0 Å². The predicted octanol–water partition coefficient (Wildman–Crippen LogP) is 5.66. The lowest BCUT2D eigenvalue weighted by Gasteiger charge is -2.23. The van der Waals surface area contributed by atoms with Gasteiger partial charge < -0.3 is 14.0 Å². The number of para-hydroxylation sites is 1. The molecule has 2 aromatic carbocycles. The average molecular weight is 457 g/mol. The lowest BCUT2D eigenvalue weighted by Crippen LogP contribution is -2.29. The van der Waals surface area contributed by atoms with Gasteiger partial charge >= 0.3 is 0 Å². The number of hydrogen-bond donors (Lipinski definition) is 0. The Kier molecular flexibility index (Phi) is 5.56. The van der Waals surface area contributed by atoms with E-state index in [1.807, 2.05) is 86.2 Å². The fourth-order valence-electron chi connectivity index (χ4n) is 3.72. The number of carbonyl (C=O) groups excluding carboxylic acids is 1. The fourth-order valence-corrected chi connectivity index (χ4v) is 4.78. The summed E-state index contributed by atoms with van der Waals surface area (Å²) < 4.78 is 9.07. The Hall–Kier alpha value is -3.71. The van der Waals surface area contributed by atoms with Crippen molar-refractivity contribution in [1.29, 1.82) is 0 Å². The second-order valence-corrected chi connectivity index (χ2v) is 9.19. The maximum absolute atomic E-state index is 13.2. The van der Waals surface area contributed by atoms with E-state index in [4.69, 9.17) is 9.72 Å². The summed E-state index contributed by atoms with van der Waals surface area (Å²) in [5, 5.41) is 0.918. The first-order valence-electron chi connectivity index (χ1n) is 10.8. The number of fused-ring (bicyclic) bond motifs is 2. The second-order valence-electron chi connectivity index (χ2n) is 8.13. The third-order valence-corrected chi connectivity index (χ3v) is 6.89. The van der Waals surface area contributed by atoms with Crippen LogP contribution in [0.25, 0.3) is 15.9 Å². The zero-order chi connectivity index (χ0) is 22.9. The van der Waals surface area contributed by atoms with Gasteiger partial charge in [-0.1, -0.05) is 24.3 Å². The van der Waals surface area contributed by atoms with Crippen LogP contribution in [0.1, 0.15) is 39.6 Å². The zero-order valence-electron chi connectivity index (χ0n) is 18.7. The average Bonchev–Trinajstić information content (AvgIpc) is 3.45. The van der Waals surface area contributed by atoms with Crippen molar-refractivity contribution < 1.29 is 9.53 Å². The van der Waals surface area contributed by atoms with Crippen LogP contribution in [0.5, 0.6) is 5.75 Å². The molecule has 166 valence electrons. The second kappa shape index (κ2) is 8.67. The largest absolute Gasteiger partial charge is 0.487 e. The number of rotatable bonds is 6. The number of thiazole rings is 1. The SMILES string of the molecule is Cc1ccc2nc(COc3cccc(C(=O)N(C)C(C)c4nc5ccccc5s4)c3)cn2c1. The van der Waals surface area contributed by atoms with Crippen LogP contribution in [0.2, 0.25) is 0 Å². The molecule has 0 N–H and O–H groups in total. The number of benzene rings is 2. The normalized spacial score (nSPS) is 12.2. The third kappa shape index (κ3) is 4.32. The van der Waals surface area contributed by atoms with Crippen molar-refractivity contribution in [1.82, 2.24) is 19.3 Å². The Morgan fingerprint density at radius 1 is 1.09 bits per heavy atom. The molecule has 0 saturated heterocycles. The van der Waals surface area contributed by atoms with E-state index in [0.29, 0.717) is 17.9 Å². The zero-order valence-corrected chi connectivity index (χ0v) is 19.5. The van der Waals surface area contributed by atoms with Crippen LogP contribution >= 0.6 is 11.3 Å². The summed E-state index contributed by atoms with van der Waals surface area (Å²) in [5.41, 5.74) is 4.42. The van der Waals surface area contributed by atoms with Gasteiger partial charge in [0.25, 0.3) is 5.91 Å². The topological polar surface area (TPSA) is 59.7 Å². The van der Waals surface area contributed by atoms with E-state index in [0.717, 1.165) is 26.6 Å². The number of imidazole rings is 1. The molecule has 0 spiro atoms. The monoisotopic (exact) mass is 456 g/mol. The van der Waals surface area contributed by atoms with Gasteiger partial charge in [-0.3, -0.25) is 4.79 Å². The highest BCUT2D eigenvalue weighted by molar-refractivity contribution is 7.18. The number of hydrogen-bond acceptors (Lipinski definition) is 5. The minimum Gasteiger partial charge on any atom is -0.487 e.